The molecule has 0 unspecified atom stereocenters. The Morgan fingerprint density at radius 1 is 1.00 bits per heavy atom. The number of hydrogen-bond donors (Lipinski definition) is 2. The number of likely N-dealkylation sites (tertiary alicyclic amines) is 1. The molecule has 1 aliphatic heterocycles. The standard InChI is InChI=1S/C22H19ClN4O4S/c1-26-12-15(19(22(26)31)25-21(30)16-9-10-17(23)32-16)24-20(29)13-5-7-14(8-6-13)27-11-3-2-4-18(27)28/h2-11,15,19H,12H2,1H3,(H,24,29)(H,25,30)/t15-,19-/m0/s1. The third-order valence-corrected chi connectivity index (χ3v) is 6.38. The molecule has 3 amide bonds. The molecule has 1 saturated heterocycles. The summed E-state index contributed by atoms with van der Waals surface area (Å²) in [6.45, 7) is 0.262. The number of halogens is 1. The van der Waals surface area contributed by atoms with Crippen molar-refractivity contribution in [3.63, 3.8) is 0 Å². The van der Waals surface area contributed by atoms with Gasteiger partial charge in [0.1, 0.15) is 6.04 Å². The molecule has 32 heavy (non-hydrogen) atoms. The highest BCUT2D eigenvalue weighted by Crippen LogP contribution is 2.22. The summed E-state index contributed by atoms with van der Waals surface area (Å²) in [4.78, 5) is 51.6. The number of hydrogen-bond acceptors (Lipinski definition) is 5. The second-order valence-electron chi connectivity index (χ2n) is 7.31. The number of carbonyl (C=O) groups excluding carboxylic acids is 3. The number of amides is 3. The first-order chi connectivity index (χ1) is 15.3. The third-order valence-electron chi connectivity index (χ3n) is 5.15. The van der Waals surface area contributed by atoms with E-state index in [2.05, 4.69) is 10.6 Å². The molecule has 164 valence electrons. The molecule has 1 aromatic carbocycles. The van der Waals surface area contributed by atoms with Gasteiger partial charge in [0, 0.05) is 37.1 Å². The molecular weight excluding hydrogens is 452 g/mol. The van der Waals surface area contributed by atoms with Gasteiger partial charge in [-0.1, -0.05) is 17.7 Å². The van der Waals surface area contributed by atoms with Crippen molar-refractivity contribution in [3.05, 3.63) is 85.9 Å². The first kappa shape index (κ1) is 21.8. The molecular formula is C22H19ClN4O4S. The molecule has 0 spiro atoms. The molecule has 3 aromatic rings. The Kier molecular flexibility index (Phi) is 6.11. The van der Waals surface area contributed by atoms with E-state index in [-0.39, 0.29) is 23.9 Å². The first-order valence-corrected chi connectivity index (χ1v) is 10.9. The zero-order valence-corrected chi connectivity index (χ0v) is 18.5. The molecule has 4 rings (SSSR count). The summed E-state index contributed by atoms with van der Waals surface area (Å²) >= 11 is 7.00. The van der Waals surface area contributed by atoms with E-state index in [1.54, 1.807) is 61.8 Å². The maximum Gasteiger partial charge on any atom is 0.262 e. The molecule has 1 fully saturated rings. The summed E-state index contributed by atoms with van der Waals surface area (Å²) in [5, 5.41) is 5.53. The van der Waals surface area contributed by atoms with Crippen LogP contribution in [0.25, 0.3) is 5.69 Å². The van der Waals surface area contributed by atoms with Crippen molar-refractivity contribution >= 4 is 40.7 Å². The predicted molar refractivity (Wildman–Crippen MR) is 122 cm³/mol. The normalized spacial score (nSPS) is 17.9. The zero-order valence-electron chi connectivity index (χ0n) is 16.9. The van der Waals surface area contributed by atoms with Crippen molar-refractivity contribution in [3.8, 4) is 5.69 Å². The highest BCUT2D eigenvalue weighted by Gasteiger charge is 2.40. The van der Waals surface area contributed by atoms with E-state index in [1.807, 2.05) is 0 Å². The van der Waals surface area contributed by atoms with Crippen LogP contribution in [0, 0.1) is 0 Å². The molecule has 0 saturated carbocycles. The van der Waals surface area contributed by atoms with E-state index >= 15 is 0 Å². The monoisotopic (exact) mass is 470 g/mol. The second kappa shape index (κ2) is 8.97. The first-order valence-electron chi connectivity index (χ1n) is 9.73. The number of benzene rings is 1. The van der Waals surface area contributed by atoms with Crippen LogP contribution in [-0.2, 0) is 4.79 Å². The number of nitrogens with zero attached hydrogens (tertiary/aromatic N) is 2. The fourth-order valence-corrected chi connectivity index (χ4v) is 4.45. The highest BCUT2D eigenvalue weighted by atomic mass is 35.5. The molecule has 10 heteroatoms. The Labute approximate surface area is 192 Å². The molecule has 8 nitrogen and oxygen atoms in total. The minimum absolute atomic E-state index is 0.178. The van der Waals surface area contributed by atoms with Gasteiger partial charge in [-0.3, -0.25) is 23.7 Å². The van der Waals surface area contributed by atoms with Crippen LogP contribution in [0.4, 0.5) is 0 Å². The molecule has 2 N–H and O–H groups in total. The molecule has 0 radical (unpaired) electrons. The van der Waals surface area contributed by atoms with Crippen LogP contribution in [-0.4, -0.2) is 52.9 Å². The molecule has 2 atom stereocenters. The van der Waals surface area contributed by atoms with Crippen LogP contribution in [0.15, 0.2) is 65.6 Å². The SMILES string of the molecule is CN1C[C@H](NC(=O)c2ccc(-n3ccccc3=O)cc2)[C@H](NC(=O)c2ccc(Cl)s2)C1=O. The van der Waals surface area contributed by atoms with Crippen molar-refractivity contribution in [2.24, 2.45) is 0 Å². The average Bonchev–Trinajstić information content (AvgIpc) is 3.33. The Morgan fingerprint density at radius 3 is 2.41 bits per heavy atom. The van der Waals surface area contributed by atoms with Crippen LogP contribution >= 0.6 is 22.9 Å². The third kappa shape index (κ3) is 4.44. The van der Waals surface area contributed by atoms with Crippen LogP contribution in [0.5, 0.6) is 0 Å². The summed E-state index contributed by atoms with van der Waals surface area (Å²) in [7, 11) is 1.61. The van der Waals surface area contributed by atoms with Crippen molar-refractivity contribution in [1.82, 2.24) is 20.1 Å². The van der Waals surface area contributed by atoms with Crippen LogP contribution in [0.2, 0.25) is 4.34 Å². The average molecular weight is 471 g/mol. The van der Waals surface area contributed by atoms with Gasteiger partial charge in [0.25, 0.3) is 17.4 Å². The number of likely N-dealkylation sites (N-methyl/N-ethyl adjacent to an activating group) is 1. The van der Waals surface area contributed by atoms with Crippen molar-refractivity contribution in [1.29, 1.82) is 0 Å². The van der Waals surface area contributed by atoms with Gasteiger partial charge in [0.2, 0.25) is 5.91 Å². The Morgan fingerprint density at radius 2 is 1.75 bits per heavy atom. The number of aromatic nitrogens is 1. The quantitative estimate of drug-likeness (QED) is 0.595. The summed E-state index contributed by atoms with van der Waals surface area (Å²) in [6, 6.07) is 13.1. The summed E-state index contributed by atoms with van der Waals surface area (Å²) in [5.74, 6) is -1.10. The van der Waals surface area contributed by atoms with Crippen LogP contribution in [0.1, 0.15) is 20.0 Å². The maximum absolute atomic E-state index is 12.8. The van der Waals surface area contributed by atoms with E-state index in [0.717, 1.165) is 11.3 Å². The van der Waals surface area contributed by atoms with Crippen LogP contribution in [0.3, 0.4) is 0 Å². The Bertz CT molecular complexity index is 1240. The fourth-order valence-electron chi connectivity index (χ4n) is 3.51. The lowest BCUT2D eigenvalue weighted by Crippen LogP contribution is -2.52. The lowest BCUT2D eigenvalue weighted by atomic mass is 10.1. The highest BCUT2D eigenvalue weighted by molar-refractivity contribution is 7.18. The minimum atomic E-state index is -0.889. The summed E-state index contributed by atoms with van der Waals surface area (Å²) in [5.41, 5.74) is 0.820. The Hall–Kier alpha value is -3.43. The Balaban J connectivity index is 1.47. The number of thiophene rings is 1. The number of nitrogens with one attached hydrogen (secondary N) is 2. The van der Waals surface area contributed by atoms with E-state index < -0.39 is 18.0 Å². The van der Waals surface area contributed by atoms with Gasteiger partial charge in [-0.25, -0.2) is 0 Å². The molecule has 0 bridgehead atoms. The van der Waals surface area contributed by atoms with Crippen molar-refractivity contribution < 1.29 is 14.4 Å². The fraction of sp³-hybridized carbons (Fsp3) is 0.182. The van der Waals surface area contributed by atoms with Gasteiger partial charge in [-0.15, -0.1) is 11.3 Å². The van der Waals surface area contributed by atoms with Gasteiger partial charge >= 0.3 is 0 Å². The smallest absolute Gasteiger partial charge is 0.262 e. The van der Waals surface area contributed by atoms with Crippen molar-refractivity contribution in [2.45, 2.75) is 12.1 Å². The van der Waals surface area contributed by atoms with Gasteiger partial charge < -0.3 is 15.5 Å². The molecule has 2 aromatic heterocycles. The lowest BCUT2D eigenvalue weighted by Gasteiger charge is -2.19. The summed E-state index contributed by atoms with van der Waals surface area (Å²) in [6.07, 6.45) is 1.64. The van der Waals surface area contributed by atoms with Gasteiger partial charge in [-0.2, -0.15) is 0 Å². The van der Waals surface area contributed by atoms with E-state index in [4.69, 9.17) is 11.6 Å². The van der Waals surface area contributed by atoms with Crippen molar-refractivity contribution in [2.75, 3.05) is 13.6 Å². The molecule has 3 heterocycles. The molecule has 1 aliphatic rings. The van der Waals surface area contributed by atoms with E-state index in [1.165, 1.54) is 15.5 Å². The minimum Gasteiger partial charge on any atom is -0.345 e. The largest absolute Gasteiger partial charge is 0.345 e. The van der Waals surface area contributed by atoms with Crippen LogP contribution < -0.4 is 16.2 Å². The number of rotatable bonds is 5. The predicted octanol–water partition coefficient (Wildman–Crippen LogP) is 1.92. The van der Waals surface area contributed by atoms with E-state index in [9.17, 15) is 19.2 Å². The van der Waals surface area contributed by atoms with Gasteiger partial charge in [-0.05, 0) is 42.5 Å². The van der Waals surface area contributed by atoms with Gasteiger partial charge in [0.15, 0.2) is 0 Å². The van der Waals surface area contributed by atoms with E-state index in [0.29, 0.717) is 20.5 Å². The number of pyridine rings is 1. The lowest BCUT2D eigenvalue weighted by molar-refractivity contribution is -0.128. The summed E-state index contributed by atoms with van der Waals surface area (Å²) < 4.78 is 1.94. The number of carbonyl (C=O) groups is 3. The maximum atomic E-state index is 12.8. The molecule has 0 aliphatic carbocycles. The zero-order chi connectivity index (χ0) is 22.8. The van der Waals surface area contributed by atoms with Gasteiger partial charge in [0.05, 0.1) is 15.3 Å². The second-order valence-corrected chi connectivity index (χ2v) is 9.02. The topological polar surface area (TPSA) is 101 Å².